The van der Waals surface area contributed by atoms with Gasteiger partial charge in [0.15, 0.2) is 0 Å². The Morgan fingerprint density at radius 3 is 3.00 bits per heavy atom. The van der Waals surface area contributed by atoms with Gasteiger partial charge in [-0.25, -0.2) is 9.37 Å². The van der Waals surface area contributed by atoms with Crippen LogP contribution in [0.2, 0.25) is 0 Å². The first-order valence-electron chi connectivity index (χ1n) is 6.33. The van der Waals surface area contributed by atoms with Crippen LogP contribution < -0.4 is 0 Å². The molecule has 0 spiro atoms. The van der Waals surface area contributed by atoms with Crippen LogP contribution in [0.5, 0.6) is 0 Å². The number of carbonyl (C=O) groups is 1. The van der Waals surface area contributed by atoms with Crippen LogP contribution in [0.4, 0.5) is 4.39 Å². The fourth-order valence-electron chi connectivity index (χ4n) is 2.91. The van der Waals surface area contributed by atoms with Crippen molar-refractivity contribution in [1.82, 2.24) is 4.98 Å². The van der Waals surface area contributed by atoms with Gasteiger partial charge in [0.25, 0.3) is 0 Å². The topological polar surface area (TPSA) is 50.2 Å². The first kappa shape index (κ1) is 12.5. The summed E-state index contributed by atoms with van der Waals surface area (Å²) in [5.41, 5.74) is 0.755. The third-order valence-electron chi connectivity index (χ3n) is 3.80. The molecular formula is C14H14FNO2S. The predicted octanol–water partition coefficient (Wildman–Crippen LogP) is 3.65. The fraction of sp³-hybridized carbons (Fsp3) is 0.429. The van der Waals surface area contributed by atoms with E-state index in [1.807, 2.05) is 0 Å². The Morgan fingerprint density at radius 2 is 2.26 bits per heavy atom. The SMILES string of the molecule is CC1CC(C(=O)O)C(c2nc3ccc(F)cc3s2)C1. The highest BCUT2D eigenvalue weighted by Gasteiger charge is 2.39. The molecule has 0 aliphatic heterocycles. The molecule has 1 aliphatic carbocycles. The molecule has 100 valence electrons. The zero-order valence-electron chi connectivity index (χ0n) is 10.5. The van der Waals surface area contributed by atoms with Crippen LogP contribution >= 0.6 is 11.3 Å². The van der Waals surface area contributed by atoms with Gasteiger partial charge >= 0.3 is 5.97 Å². The zero-order chi connectivity index (χ0) is 13.6. The van der Waals surface area contributed by atoms with E-state index in [9.17, 15) is 14.3 Å². The summed E-state index contributed by atoms with van der Waals surface area (Å²) in [7, 11) is 0. The second kappa shape index (κ2) is 4.56. The summed E-state index contributed by atoms with van der Waals surface area (Å²) in [5.74, 6) is -1.03. The third-order valence-corrected chi connectivity index (χ3v) is 4.95. The number of fused-ring (bicyclic) bond motifs is 1. The first-order valence-corrected chi connectivity index (χ1v) is 7.15. The van der Waals surface area contributed by atoms with Crippen molar-refractivity contribution in [2.24, 2.45) is 11.8 Å². The molecule has 3 nitrogen and oxygen atoms in total. The van der Waals surface area contributed by atoms with Gasteiger partial charge in [-0.15, -0.1) is 11.3 Å². The van der Waals surface area contributed by atoms with Crippen molar-refractivity contribution in [2.75, 3.05) is 0 Å². The van der Waals surface area contributed by atoms with Gasteiger partial charge in [0.1, 0.15) is 5.82 Å². The van der Waals surface area contributed by atoms with Crippen LogP contribution in [0.3, 0.4) is 0 Å². The molecule has 1 fully saturated rings. The van der Waals surface area contributed by atoms with Crippen LogP contribution in [0.15, 0.2) is 18.2 Å². The average molecular weight is 279 g/mol. The molecule has 1 aliphatic rings. The van der Waals surface area contributed by atoms with Crippen molar-refractivity contribution < 1.29 is 14.3 Å². The largest absolute Gasteiger partial charge is 0.481 e. The molecule has 1 saturated carbocycles. The van der Waals surface area contributed by atoms with Gasteiger partial charge in [-0.05, 0) is 37.0 Å². The van der Waals surface area contributed by atoms with E-state index in [1.54, 1.807) is 6.07 Å². The smallest absolute Gasteiger partial charge is 0.307 e. The molecule has 1 aromatic carbocycles. The van der Waals surface area contributed by atoms with Crippen molar-refractivity contribution in [1.29, 1.82) is 0 Å². The molecule has 1 heterocycles. The molecule has 0 radical (unpaired) electrons. The van der Waals surface area contributed by atoms with Crippen LogP contribution in [-0.4, -0.2) is 16.1 Å². The minimum absolute atomic E-state index is 0.0343. The van der Waals surface area contributed by atoms with Crippen molar-refractivity contribution >= 4 is 27.5 Å². The van der Waals surface area contributed by atoms with E-state index in [0.717, 1.165) is 21.6 Å². The molecule has 0 saturated heterocycles. The number of aromatic nitrogens is 1. The molecule has 3 unspecified atom stereocenters. The van der Waals surface area contributed by atoms with Gasteiger partial charge in [0, 0.05) is 5.92 Å². The minimum atomic E-state index is -0.750. The summed E-state index contributed by atoms with van der Waals surface area (Å²) in [6.07, 6.45) is 1.55. The van der Waals surface area contributed by atoms with E-state index in [2.05, 4.69) is 11.9 Å². The minimum Gasteiger partial charge on any atom is -0.481 e. The predicted molar refractivity (Wildman–Crippen MR) is 71.8 cm³/mol. The Morgan fingerprint density at radius 1 is 1.47 bits per heavy atom. The highest BCUT2D eigenvalue weighted by molar-refractivity contribution is 7.18. The van der Waals surface area contributed by atoms with E-state index >= 15 is 0 Å². The van der Waals surface area contributed by atoms with E-state index in [-0.39, 0.29) is 17.7 Å². The normalized spacial score (nSPS) is 26.9. The quantitative estimate of drug-likeness (QED) is 0.913. The highest BCUT2D eigenvalue weighted by Crippen LogP contribution is 2.45. The average Bonchev–Trinajstić information content (AvgIpc) is 2.91. The van der Waals surface area contributed by atoms with Crippen molar-refractivity contribution in [3.63, 3.8) is 0 Å². The second-order valence-corrected chi connectivity index (χ2v) is 6.35. The van der Waals surface area contributed by atoms with Gasteiger partial charge in [0.05, 0.1) is 21.1 Å². The van der Waals surface area contributed by atoms with Gasteiger partial charge in [-0.2, -0.15) is 0 Å². The van der Waals surface area contributed by atoms with Gasteiger partial charge in [-0.3, -0.25) is 4.79 Å². The molecule has 5 heteroatoms. The van der Waals surface area contributed by atoms with Crippen molar-refractivity contribution in [2.45, 2.75) is 25.7 Å². The number of carboxylic acid groups (broad SMARTS) is 1. The second-order valence-electron chi connectivity index (χ2n) is 5.29. The van der Waals surface area contributed by atoms with E-state index in [1.165, 1.54) is 23.5 Å². The monoisotopic (exact) mass is 279 g/mol. The number of halogens is 1. The Bertz CT molecular complexity index is 639. The first-order chi connectivity index (χ1) is 9.04. The summed E-state index contributed by atoms with van der Waals surface area (Å²) >= 11 is 1.42. The Labute approximate surface area is 114 Å². The van der Waals surface area contributed by atoms with Crippen LogP contribution in [0.25, 0.3) is 10.2 Å². The summed E-state index contributed by atoms with van der Waals surface area (Å²) < 4.78 is 14.0. The maximum absolute atomic E-state index is 13.2. The molecule has 3 atom stereocenters. The highest BCUT2D eigenvalue weighted by atomic mass is 32.1. The van der Waals surface area contributed by atoms with E-state index < -0.39 is 5.97 Å². The van der Waals surface area contributed by atoms with E-state index in [0.29, 0.717) is 12.3 Å². The van der Waals surface area contributed by atoms with Crippen molar-refractivity contribution in [3.8, 4) is 0 Å². The number of hydrogen-bond donors (Lipinski definition) is 1. The molecule has 2 aromatic rings. The Kier molecular flexibility index (Phi) is 3.01. The van der Waals surface area contributed by atoms with Crippen LogP contribution in [0.1, 0.15) is 30.7 Å². The van der Waals surface area contributed by atoms with Crippen LogP contribution in [-0.2, 0) is 4.79 Å². The molecule has 0 bridgehead atoms. The number of benzene rings is 1. The summed E-state index contributed by atoms with van der Waals surface area (Å²) in [6.45, 7) is 2.07. The summed E-state index contributed by atoms with van der Waals surface area (Å²) in [4.78, 5) is 15.8. The maximum atomic E-state index is 13.2. The van der Waals surface area contributed by atoms with E-state index in [4.69, 9.17) is 0 Å². The fourth-order valence-corrected chi connectivity index (χ4v) is 4.08. The Balaban J connectivity index is 2.01. The number of aliphatic carboxylic acids is 1. The zero-order valence-corrected chi connectivity index (χ0v) is 11.3. The summed E-state index contributed by atoms with van der Waals surface area (Å²) in [6, 6.07) is 4.50. The lowest BCUT2D eigenvalue weighted by atomic mass is 9.97. The number of hydrogen-bond acceptors (Lipinski definition) is 3. The lowest BCUT2D eigenvalue weighted by Crippen LogP contribution is -2.16. The number of carboxylic acids is 1. The summed E-state index contributed by atoms with van der Waals surface area (Å²) in [5, 5.41) is 10.1. The Hall–Kier alpha value is -1.49. The maximum Gasteiger partial charge on any atom is 0.307 e. The van der Waals surface area contributed by atoms with Crippen LogP contribution in [0, 0.1) is 17.7 Å². The number of nitrogens with zero attached hydrogens (tertiary/aromatic N) is 1. The molecule has 1 aromatic heterocycles. The lowest BCUT2D eigenvalue weighted by molar-refractivity contribution is -0.142. The molecule has 19 heavy (non-hydrogen) atoms. The van der Waals surface area contributed by atoms with Gasteiger partial charge < -0.3 is 5.11 Å². The molecule has 3 rings (SSSR count). The number of rotatable bonds is 2. The number of thiazole rings is 1. The molecular weight excluding hydrogens is 265 g/mol. The molecule has 0 amide bonds. The standard InChI is InChI=1S/C14H14FNO2S/c1-7-4-9(10(5-7)14(17)18)13-16-11-3-2-8(15)6-12(11)19-13/h2-3,6-7,9-10H,4-5H2,1H3,(H,17,18). The lowest BCUT2D eigenvalue weighted by Gasteiger charge is -2.11. The molecule has 1 N–H and O–H groups in total. The third kappa shape index (κ3) is 2.23. The van der Waals surface area contributed by atoms with Gasteiger partial charge in [-0.1, -0.05) is 6.92 Å². The van der Waals surface area contributed by atoms with Crippen molar-refractivity contribution in [3.05, 3.63) is 29.0 Å². The van der Waals surface area contributed by atoms with Gasteiger partial charge in [0.2, 0.25) is 0 Å².